The third-order valence-electron chi connectivity index (χ3n) is 4.46. The second kappa shape index (κ2) is 9.21. The molecule has 28 heavy (non-hydrogen) atoms. The van der Waals surface area contributed by atoms with Crippen LogP contribution in [0.3, 0.4) is 0 Å². The monoisotopic (exact) mass is 387 g/mol. The van der Waals surface area contributed by atoms with Crippen molar-refractivity contribution in [3.63, 3.8) is 0 Å². The molecule has 0 bridgehead atoms. The van der Waals surface area contributed by atoms with Crippen LogP contribution < -0.4 is 5.32 Å². The molecule has 0 unspecified atom stereocenters. The van der Waals surface area contributed by atoms with Crippen LogP contribution in [0, 0.1) is 12.7 Å². The first-order chi connectivity index (χ1) is 13.3. The summed E-state index contributed by atoms with van der Waals surface area (Å²) >= 11 is 0. The smallest absolute Gasteiger partial charge is 0.274 e. The van der Waals surface area contributed by atoms with Crippen LogP contribution in [0.4, 0.5) is 4.39 Å². The molecule has 0 saturated heterocycles. The van der Waals surface area contributed by atoms with Gasteiger partial charge >= 0.3 is 0 Å². The number of aromatic hydroxyl groups is 1. The van der Waals surface area contributed by atoms with Gasteiger partial charge in [0.1, 0.15) is 5.82 Å². The molecule has 6 nitrogen and oxygen atoms in total. The summed E-state index contributed by atoms with van der Waals surface area (Å²) in [7, 11) is 1.90. The predicted molar refractivity (Wildman–Crippen MR) is 106 cm³/mol. The Balaban J connectivity index is 0.000000409. The van der Waals surface area contributed by atoms with Crippen LogP contribution in [0.1, 0.15) is 46.0 Å². The topological polar surface area (TPSA) is 74.6 Å². The van der Waals surface area contributed by atoms with E-state index in [1.54, 1.807) is 28.5 Å². The second-order valence-corrected chi connectivity index (χ2v) is 6.83. The van der Waals surface area contributed by atoms with Gasteiger partial charge in [0.25, 0.3) is 5.91 Å². The molecule has 0 spiro atoms. The van der Waals surface area contributed by atoms with Crippen molar-refractivity contribution in [3.05, 3.63) is 64.4 Å². The van der Waals surface area contributed by atoms with Crippen molar-refractivity contribution < 1.29 is 19.1 Å². The number of amides is 1. The third kappa shape index (κ3) is 4.60. The van der Waals surface area contributed by atoms with Crippen LogP contribution in [-0.2, 0) is 13.1 Å². The Morgan fingerprint density at radius 3 is 2.39 bits per heavy atom. The maximum Gasteiger partial charge on any atom is 0.274 e. The van der Waals surface area contributed by atoms with Gasteiger partial charge in [-0.2, -0.15) is 0 Å². The van der Waals surface area contributed by atoms with Gasteiger partial charge in [-0.25, -0.2) is 4.39 Å². The highest BCUT2D eigenvalue weighted by Crippen LogP contribution is 2.31. The van der Waals surface area contributed by atoms with Crippen LogP contribution in [0.15, 0.2) is 36.0 Å². The molecule has 2 N–H and O–H groups in total. The lowest BCUT2D eigenvalue weighted by Crippen LogP contribution is -2.39. The van der Waals surface area contributed by atoms with Crippen molar-refractivity contribution in [1.29, 1.82) is 0 Å². The summed E-state index contributed by atoms with van der Waals surface area (Å²) in [5.41, 5.74) is 3.01. The second-order valence-electron chi connectivity index (χ2n) is 6.83. The van der Waals surface area contributed by atoms with Gasteiger partial charge < -0.3 is 19.9 Å². The lowest BCUT2D eigenvalue weighted by Gasteiger charge is -2.29. The van der Waals surface area contributed by atoms with Crippen molar-refractivity contribution in [3.8, 4) is 5.75 Å². The molecule has 2 heterocycles. The predicted octanol–water partition coefficient (Wildman–Crippen LogP) is 3.24. The Kier molecular flexibility index (Phi) is 6.98. The average Bonchev–Trinajstić information content (AvgIpc) is 2.90. The van der Waals surface area contributed by atoms with Crippen molar-refractivity contribution in [1.82, 2.24) is 14.8 Å². The molecule has 3 rings (SSSR count). The Bertz CT molecular complexity index is 881. The molecule has 1 amide bonds. The van der Waals surface area contributed by atoms with Crippen molar-refractivity contribution in [2.24, 2.45) is 0 Å². The maximum absolute atomic E-state index is 12.9. The number of fused-ring (bicyclic) bond motifs is 1. The normalized spacial score (nSPS) is 12.6. The van der Waals surface area contributed by atoms with E-state index in [9.17, 15) is 19.1 Å². The van der Waals surface area contributed by atoms with Crippen LogP contribution in [0.2, 0.25) is 0 Å². The van der Waals surface area contributed by atoms with Gasteiger partial charge in [0, 0.05) is 32.4 Å². The molecule has 0 aliphatic carbocycles. The summed E-state index contributed by atoms with van der Waals surface area (Å²) in [5.74, 6) is -0.919. The van der Waals surface area contributed by atoms with Crippen LogP contribution in [-0.4, -0.2) is 40.4 Å². The molecule has 150 valence electrons. The lowest BCUT2D eigenvalue weighted by atomic mass is 10.1. The first-order valence-electron chi connectivity index (χ1n) is 9.01. The summed E-state index contributed by atoms with van der Waals surface area (Å²) in [5, 5.41) is 13.0. The number of nitrogens with one attached hydrogen (secondary N) is 1. The average molecular weight is 387 g/mol. The molecule has 0 fully saturated rings. The molecule has 0 saturated carbocycles. The molecular weight excluding hydrogens is 361 g/mol. The van der Waals surface area contributed by atoms with Crippen molar-refractivity contribution in [2.75, 3.05) is 13.6 Å². The van der Waals surface area contributed by atoms with Gasteiger partial charge in [-0.15, -0.1) is 0 Å². The van der Waals surface area contributed by atoms with E-state index in [1.807, 2.05) is 13.2 Å². The van der Waals surface area contributed by atoms with Gasteiger partial charge in [0.05, 0.1) is 5.56 Å². The van der Waals surface area contributed by atoms with Crippen molar-refractivity contribution >= 4 is 12.2 Å². The van der Waals surface area contributed by atoms with E-state index in [1.165, 1.54) is 17.7 Å². The minimum absolute atomic E-state index is 0.146. The van der Waals surface area contributed by atoms with Gasteiger partial charge in [-0.3, -0.25) is 9.59 Å². The molecule has 0 radical (unpaired) electrons. The van der Waals surface area contributed by atoms with E-state index in [0.29, 0.717) is 31.6 Å². The lowest BCUT2D eigenvalue weighted by molar-refractivity contribution is 0.0685. The van der Waals surface area contributed by atoms with E-state index < -0.39 is 0 Å². The Hall–Kier alpha value is -3.09. The van der Waals surface area contributed by atoms with Gasteiger partial charge in [0.2, 0.25) is 0 Å². The van der Waals surface area contributed by atoms with Gasteiger partial charge in [-0.1, -0.05) is 17.7 Å². The van der Waals surface area contributed by atoms with Crippen LogP contribution in [0.5, 0.6) is 5.75 Å². The molecule has 0 atom stereocenters. The molecule has 1 aliphatic rings. The SMILES string of the molecule is CNC=C(C)C.Cc1c(C=O)c(O)c2n1CCN(Cc1ccc(F)cc1)C2=O. The Labute approximate surface area is 164 Å². The highest BCUT2D eigenvalue weighted by molar-refractivity contribution is 6.00. The standard InChI is InChI=1S/C16H15FN2O3.C5H11N/c1-10-13(9-20)15(21)14-16(22)18(6-7-19(10)14)8-11-2-4-12(17)5-3-11;1-5(2)4-6-3/h2-5,9,21H,6-8H2,1H3;4,6H,1-3H3. The van der Waals surface area contributed by atoms with E-state index in [2.05, 4.69) is 19.2 Å². The van der Waals surface area contributed by atoms with E-state index in [0.717, 1.165) is 5.56 Å². The molecule has 1 aromatic carbocycles. The molecule has 2 aromatic rings. The zero-order valence-electron chi connectivity index (χ0n) is 16.6. The summed E-state index contributed by atoms with van der Waals surface area (Å²) in [6.45, 7) is 7.12. The molecular formula is C21H26FN3O3. The maximum atomic E-state index is 12.9. The highest BCUT2D eigenvalue weighted by Gasteiger charge is 2.32. The number of carbonyl (C=O) groups excluding carboxylic acids is 2. The van der Waals surface area contributed by atoms with E-state index >= 15 is 0 Å². The fraction of sp³-hybridized carbons (Fsp3) is 0.333. The number of hydrogen-bond donors (Lipinski definition) is 2. The summed E-state index contributed by atoms with van der Waals surface area (Å²) in [6.07, 6.45) is 2.52. The number of nitrogens with zero attached hydrogens (tertiary/aromatic N) is 2. The minimum Gasteiger partial charge on any atom is -0.505 e. The number of halogens is 1. The van der Waals surface area contributed by atoms with E-state index in [-0.39, 0.29) is 28.7 Å². The Morgan fingerprint density at radius 2 is 1.89 bits per heavy atom. The fourth-order valence-corrected chi connectivity index (χ4v) is 3.10. The summed E-state index contributed by atoms with van der Waals surface area (Å²) < 4.78 is 14.6. The van der Waals surface area contributed by atoms with E-state index in [4.69, 9.17) is 0 Å². The number of carbonyl (C=O) groups is 2. The fourth-order valence-electron chi connectivity index (χ4n) is 3.10. The number of aromatic nitrogens is 1. The number of hydrogen-bond acceptors (Lipinski definition) is 4. The van der Waals surface area contributed by atoms with Crippen LogP contribution in [0.25, 0.3) is 0 Å². The first-order valence-corrected chi connectivity index (χ1v) is 9.01. The van der Waals surface area contributed by atoms with Crippen molar-refractivity contribution in [2.45, 2.75) is 33.9 Å². The number of allylic oxidation sites excluding steroid dienone is 1. The minimum atomic E-state index is -0.329. The quantitative estimate of drug-likeness (QED) is 0.790. The molecule has 1 aliphatic heterocycles. The molecule has 1 aromatic heterocycles. The molecule has 7 heteroatoms. The van der Waals surface area contributed by atoms with Gasteiger partial charge in [-0.05, 0) is 44.7 Å². The number of aldehydes is 1. The third-order valence-corrected chi connectivity index (χ3v) is 4.46. The summed E-state index contributed by atoms with van der Waals surface area (Å²) in [6, 6.07) is 5.94. The Morgan fingerprint density at radius 1 is 1.25 bits per heavy atom. The zero-order valence-corrected chi connectivity index (χ0v) is 16.6. The highest BCUT2D eigenvalue weighted by atomic mass is 19.1. The van der Waals surface area contributed by atoms with Crippen LogP contribution >= 0.6 is 0 Å². The number of benzene rings is 1. The largest absolute Gasteiger partial charge is 0.505 e. The zero-order chi connectivity index (χ0) is 20.8. The van der Waals surface area contributed by atoms with Gasteiger partial charge in [0.15, 0.2) is 17.7 Å². The number of rotatable bonds is 4. The first kappa shape index (κ1) is 21.2. The summed E-state index contributed by atoms with van der Waals surface area (Å²) in [4.78, 5) is 25.2.